The monoisotopic (exact) mass is 317 g/mol. The first-order chi connectivity index (χ1) is 6.66. The van der Waals surface area contributed by atoms with Gasteiger partial charge < -0.3 is 5.73 Å². The minimum Gasteiger partial charge on any atom is -0.374 e. The SMILES string of the molecule is Cc1ccc(-c2nnc(N)s2)c(I)c1. The molecule has 5 heteroatoms. The lowest BCUT2D eigenvalue weighted by Gasteiger charge is -2.00. The van der Waals surface area contributed by atoms with Crippen molar-refractivity contribution in [3.63, 3.8) is 0 Å². The van der Waals surface area contributed by atoms with Crippen LogP contribution in [-0.4, -0.2) is 10.2 Å². The third kappa shape index (κ3) is 1.88. The minimum atomic E-state index is 0.511. The predicted molar refractivity (Wildman–Crippen MR) is 67.2 cm³/mol. The fourth-order valence-electron chi connectivity index (χ4n) is 1.14. The first-order valence-electron chi connectivity index (χ1n) is 4.02. The van der Waals surface area contributed by atoms with Gasteiger partial charge in [0, 0.05) is 9.13 Å². The van der Waals surface area contributed by atoms with Crippen molar-refractivity contribution >= 4 is 39.1 Å². The fourth-order valence-corrected chi connectivity index (χ4v) is 2.90. The molecule has 0 radical (unpaired) electrons. The standard InChI is InChI=1S/C9H8IN3S/c1-5-2-3-6(7(10)4-5)8-12-13-9(11)14-8/h2-4H,1H3,(H2,11,13). The minimum absolute atomic E-state index is 0.511. The van der Waals surface area contributed by atoms with Gasteiger partial charge in [-0.15, -0.1) is 10.2 Å². The molecule has 0 amide bonds. The molecule has 72 valence electrons. The second-order valence-corrected chi connectivity index (χ2v) is 5.10. The second kappa shape index (κ2) is 3.82. The molecule has 0 unspecified atom stereocenters. The summed E-state index contributed by atoms with van der Waals surface area (Å²) in [5.41, 5.74) is 7.89. The third-order valence-electron chi connectivity index (χ3n) is 1.80. The van der Waals surface area contributed by atoms with Crippen LogP contribution >= 0.6 is 33.9 Å². The summed E-state index contributed by atoms with van der Waals surface area (Å²) in [5.74, 6) is 0. The van der Waals surface area contributed by atoms with Gasteiger partial charge in [-0.3, -0.25) is 0 Å². The topological polar surface area (TPSA) is 51.8 Å². The first-order valence-corrected chi connectivity index (χ1v) is 5.92. The van der Waals surface area contributed by atoms with E-state index in [1.54, 1.807) is 0 Å². The summed E-state index contributed by atoms with van der Waals surface area (Å²) in [6, 6.07) is 6.24. The van der Waals surface area contributed by atoms with Crippen LogP contribution < -0.4 is 5.73 Å². The highest BCUT2D eigenvalue weighted by Crippen LogP contribution is 2.29. The van der Waals surface area contributed by atoms with Crippen LogP contribution in [0.2, 0.25) is 0 Å². The molecule has 0 atom stereocenters. The molecule has 1 heterocycles. The molecule has 0 fully saturated rings. The quantitative estimate of drug-likeness (QED) is 0.823. The van der Waals surface area contributed by atoms with Gasteiger partial charge in [0.15, 0.2) is 5.01 Å². The van der Waals surface area contributed by atoms with Gasteiger partial charge in [0.1, 0.15) is 0 Å². The summed E-state index contributed by atoms with van der Waals surface area (Å²) in [5, 5.41) is 9.21. The number of benzene rings is 1. The van der Waals surface area contributed by atoms with E-state index >= 15 is 0 Å². The summed E-state index contributed by atoms with van der Waals surface area (Å²) in [6.45, 7) is 2.07. The summed E-state index contributed by atoms with van der Waals surface area (Å²) < 4.78 is 1.18. The van der Waals surface area contributed by atoms with E-state index in [0.717, 1.165) is 10.6 Å². The van der Waals surface area contributed by atoms with E-state index in [9.17, 15) is 0 Å². The molecule has 1 aromatic heterocycles. The molecule has 0 saturated heterocycles. The number of hydrogen-bond acceptors (Lipinski definition) is 4. The largest absolute Gasteiger partial charge is 0.374 e. The molecule has 14 heavy (non-hydrogen) atoms. The lowest BCUT2D eigenvalue weighted by molar-refractivity contribution is 1.10. The van der Waals surface area contributed by atoms with Gasteiger partial charge in [-0.05, 0) is 35.6 Å². The van der Waals surface area contributed by atoms with Crippen LogP contribution in [0.5, 0.6) is 0 Å². The maximum absolute atomic E-state index is 5.54. The van der Waals surface area contributed by atoms with Crippen molar-refractivity contribution in [2.75, 3.05) is 5.73 Å². The Morgan fingerprint density at radius 2 is 2.14 bits per heavy atom. The number of nitrogens with two attached hydrogens (primary N) is 1. The molecule has 1 aromatic carbocycles. The molecule has 2 aromatic rings. The highest BCUT2D eigenvalue weighted by molar-refractivity contribution is 14.1. The zero-order valence-electron chi connectivity index (χ0n) is 7.49. The summed E-state index contributed by atoms with van der Waals surface area (Å²) in [7, 11) is 0. The van der Waals surface area contributed by atoms with E-state index in [2.05, 4.69) is 57.9 Å². The van der Waals surface area contributed by atoms with Crippen LogP contribution in [0.4, 0.5) is 5.13 Å². The number of rotatable bonds is 1. The molecular weight excluding hydrogens is 309 g/mol. The van der Waals surface area contributed by atoms with E-state index < -0.39 is 0 Å². The van der Waals surface area contributed by atoms with Crippen molar-refractivity contribution in [1.82, 2.24) is 10.2 Å². The van der Waals surface area contributed by atoms with Crippen LogP contribution in [0.3, 0.4) is 0 Å². The van der Waals surface area contributed by atoms with Crippen molar-refractivity contribution < 1.29 is 0 Å². The molecule has 0 spiro atoms. The number of nitrogens with zero attached hydrogens (tertiary/aromatic N) is 2. The Bertz CT molecular complexity index is 467. The maximum atomic E-state index is 5.54. The van der Waals surface area contributed by atoms with E-state index in [0.29, 0.717) is 5.13 Å². The Hall–Kier alpha value is -0.690. The van der Waals surface area contributed by atoms with Crippen LogP contribution in [0.1, 0.15) is 5.56 Å². The van der Waals surface area contributed by atoms with Crippen molar-refractivity contribution in [2.24, 2.45) is 0 Å². The van der Waals surface area contributed by atoms with Crippen LogP contribution in [0.15, 0.2) is 18.2 Å². The van der Waals surface area contributed by atoms with E-state index in [1.807, 2.05) is 0 Å². The molecule has 2 N–H and O–H groups in total. The van der Waals surface area contributed by atoms with Gasteiger partial charge in [0.25, 0.3) is 0 Å². The van der Waals surface area contributed by atoms with Crippen LogP contribution in [0.25, 0.3) is 10.6 Å². The van der Waals surface area contributed by atoms with Crippen LogP contribution in [-0.2, 0) is 0 Å². The van der Waals surface area contributed by atoms with Gasteiger partial charge in [0.2, 0.25) is 5.13 Å². The number of halogens is 1. The van der Waals surface area contributed by atoms with Crippen molar-refractivity contribution in [3.8, 4) is 10.6 Å². The number of aryl methyl sites for hydroxylation is 1. The highest BCUT2D eigenvalue weighted by atomic mass is 127. The van der Waals surface area contributed by atoms with Crippen molar-refractivity contribution in [3.05, 3.63) is 27.3 Å². The molecule has 0 aliphatic heterocycles. The van der Waals surface area contributed by atoms with Gasteiger partial charge in [-0.25, -0.2) is 0 Å². The van der Waals surface area contributed by atoms with Crippen molar-refractivity contribution in [1.29, 1.82) is 0 Å². The number of anilines is 1. The Morgan fingerprint density at radius 3 is 2.71 bits per heavy atom. The second-order valence-electron chi connectivity index (χ2n) is 2.93. The summed E-state index contributed by atoms with van der Waals surface area (Å²) >= 11 is 3.71. The van der Waals surface area contributed by atoms with E-state index in [1.165, 1.54) is 20.5 Å². The summed E-state index contributed by atoms with van der Waals surface area (Å²) in [4.78, 5) is 0. The molecular formula is C9H8IN3S. The average molecular weight is 317 g/mol. The zero-order chi connectivity index (χ0) is 10.1. The third-order valence-corrected chi connectivity index (χ3v) is 3.47. The first kappa shape index (κ1) is 9.85. The summed E-state index contributed by atoms with van der Waals surface area (Å²) in [6.07, 6.45) is 0. The Kier molecular flexibility index (Phi) is 2.69. The van der Waals surface area contributed by atoms with Gasteiger partial charge in [-0.2, -0.15) is 0 Å². The van der Waals surface area contributed by atoms with Gasteiger partial charge in [-0.1, -0.05) is 29.0 Å². The fraction of sp³-hybridized carbons (Fsp3) is 0.111. The predicted octanol–water partition coefficient (Wildman–Crippen LogP) is 2.70. The molecule has 0 aliphatic carbocycles. The normalized spacial score (nSPS) is 10.4. The lowest BCUT2D eigenvalue weighted by Crippen LogP contribution is -1.83. The number of aromatic nitrogens is 2. The molecule has 0 aliphatic rings. The maximum Gasteiger partial charge on any atom is 0.203 e. The Balaban J connectivity index is 2.52. The zero-order valence-corrected chi connectivity index (χ0v) is 10.5. The molecule has 3 nitrogen and oxygen atoms in total. The lowest BCUT2D eigenvalue weighted by atomic mass is 10.2. The van der Waals surface area contributed by atoms with Gasteiger partial charge >= 0.3 is 0 Å². The highest BCUT2D eigenvalue weighted by Gasteiger charge is 2.07. The average Bonchev–Trinajstić information content (AvgIpc) is 2.51. The molecule has 2 rings (SSSR count). The molecule has 0 bridgehead atoms. The molecule has 0 saturated carbocycles. The Morgan fingerprint density at radius 1 is 1.36 bits per heavy atom. The van der Waals surface area contributed by atoms with Gasteiger partial charge in [0.05, 0.1) is 0 Å². The van der Waals surface area contributed by atoms with Crippen molar-refractivity contribution in [2.45, 2.75) is 6.92 Å². The Labute approximate surface area is 99.5 Å². The number of nitrogen functional groups attached to an aromatic ring is 1. The number of hydrogen-bond donors (Lipinski definition) is 1. The van der Waals surface area contributed by atoms with Crippen LogP contribution in [0, 0.1) is 10.5 Å². The van der Waals surface area contributed by atoms with E-state index in [4.69, 9.17) is 5.73 Å². The smallest absolute Gasteiger partial charge is 0.203 e. The van der Waals surface area contributed by atoms with E-state index in [-0.39, 0.29) is 0 Å².